The number of ketones is 1. The highest BCUT2D eigenvalue weighted by atomic mass is 19.4. The van der Waals surface area contributed by atoms with Crippen molar-refractivity contribution in [2.24, 2.45) is 10.5 Å². The first-order chi connectivity index (χ1) is 22.4. The summed E-state index contributed by atoms with van der Waals surface area (Å²) in [6.45, 7) is 6.12. The second kappa shape index (κ2) is 14.4. The van der Waals surface area contributed by atoms with Crippen molar-refractivity contribution in [1.82, 2.24) is 21.0 Å². The van der Waals surface area contributed by atoms with Crippen LogP contribution < -0.4 is 16.0 Å². The van der Waals surface area contributed by atoms with E-state index in [1.807, 2.05) is 30.3 Å². The summed E-state index contributed by atoms with van der Waals surface area (Å²) >= 11 is 0. The molecule has 0 spiro atoms. The van der Waals surface area contributed by atoms with Gasteiger partial charge in [0.25, 0.3) is 5.91 Å². The van der Waals surface area contributed by atoms with E-state index in [4.69, 9.17) is 9.47 Å². The van der Waals surface area contributed by atoms with Crippen molar-refractivity contribution in [3.63, 3.8) is 0 Å². The Morgan fingerprint density at radius 3 is 2.19 bits per heavy atom. The largest absolute Gasteiger partial charge is 0.444 e. The molecule has 0 bridgehead atoms. The van der Waals surface area contributed by atoms with Gasteiger partial charge in [-0.25, -0.2) is 9.80 Å². The maximum absolute atomic E-state index is 14.6. The maximum atomic E-state index is 14.6. The lowest BCUT2D eigenvalue weighted by Gasteiger charge is -2.41. The third-order valence-corrected chi connectivity index (χ3v) is 7.94. The lowest BCUT2D eigenvalue weighted by atomic mass is 9.66. The van der Waals surface area contributed by atoms with Crippen LogP contribution in [0.3, 0.4) is 0 Å². The van der Waals surface area contributed by atoms with Crippen molar-refractivity contribution in [3.05, 3.63) is 71.8 Å². The highest BCUT2D eigenvalue weighted by Crippen LogP contribution is 2.41. The molecular formula is C34H42F3N5O6. The van der Waals surface area contributed by atoms with E-state index in [1.165, 1.54) is 13.8 Å². The van der Waals surface area contributed by atoms with Crippen molar-refractivity contribution in [2.45, 2.75) is 83.5 Å². The molecular weight excluding hydrogens is 631 g/mol. The van der Waals surface area contributed by atoms with E-state index in [2.05, 4.69) is 21.1 Å². The van der Waals surface area contributed by atoms with E-state index in [-0.39, 0.29) is 38.3 Å². The maximum Gasteiger partial charge on any atom is 0.408 e. The Morgan fingerprint density at radius 1 is 1.00 bits per heavy atom. The normalized spacial score (nSPS) is 20.4. The fourth-order valence-electron chi connectivity index (χ4n) is 5.74. The molecule has 0 aliphatic carbocycles. The summed E-state index contributed by atoms with van der Waals surface area (Å²) < 4.78 is 51.9. The lowest BCUT2D eigenvalue weighted by Crippen LogP contribution is -2.67. The first kappa shape index (κ1) is 36.5. The number of rotatable bonds is 12. The average molecular weight is 674 g/mol. The molecule has 48 heavy (non-hydrogen) atoms. The third-order valence-electron chi connectivity index (χ3n) is 7.94. The number of hydrogen-bond acceptors (Lipinski definition) is 8. The van der Waals surface area contributed by atoms with Crippen LogP contribution in [0.25, 0.3) is 0 Å². The van der Waals surface area contributed by atoms with Crippen LogP contribution in [0.2, 0.25) is 0 Å². The Balaban J connectivity index is 1.67. The highest BCUT2D eigenvalue weighted by molar-refractivity contribution is 6.18. The fourth-order valence-corrected chi connectivity index (χ4v) is 5.74. The van der Waals surface area contributed by atoms with E-state index in [9.17, 15) is 32.3 Å². The minimum Gasteiger partial charge on any atom is -0.444 e. The van der Waals surface area contributed by atoms with Crippen LogP contribution in [0, 0.1) is 5.41 Å². The highest BCUT2D eigenvalue weighted by Gasteiger charge is 2.61. The van der Waals surface area contributed by atoms with E-state index >= 15 is 0 Å². The van der Waals surface area contributed by atoms with Gasteiger partial charge >= 0.3 is 12.3 Å². The zero-order valence-electron chi connectivity index (χ0n) is 27.6. The van der Waals surface area contributed by atoms with Crippen LogP contribution >= 0.6 is 0 Å². The number of Topliss-reactive ketones (excluding diaryl/α,β-unsaturated/α-hetero) is 1. The Kier molecular flexibility index (Phi) is 11.0. The number of nitrogens with one attached hydrogen (secondary N) is 3. The van der Waals surface area contributed by atoms with E-state index in [1.54, 1.807) is 51.1 Å². The van der Waals surface area contributed by atoms with Crippen molar-refractivity contribution in [3.8, 4) is 0 Å². The van der Waals surface area contributed by atoms with Crippen LogP contribution in [0.4, 0.5) is 18.0 Å². The van der Waals surface area contributed by atoms with Gasteiger partial charge in [-0.15, -0.1) is 0 Å². The van der Waals surface area contributed by atoms with Gasteiger partial charge in [0, 0.05) is 13.0 Å². The predicted octanol–water partition coefficient (Wildman–Crippen LogP) is 3.91. The zero-order chi connectivity index (χ0) is 35.3. The summed E-state index contributed by atoms with van der Waals surface area (Å²) in [5.74, 6) is -2.41. The first-order valence-corrected chi connectivity index (χ1v) is 15.6. The first-order valence-electron chi connectivity index (χ1n) is 15.6. The molecule has 2 aliphatic heterocycles. The number of benzene rings is 2. The van der Waals surface area contributed by atoms with Crippen molar-refractivity contribution in [1.29, 1.82) is 0 Å². The molecule has 0 saturated carbocycles. The van der Waals surface area contributed by atoms with E-state index in [0.717, 1.165) is 5.56 Å². The topological polar surface area (TPSA) is 138 Å². The van der Waals surface area contributed by atoms with Crippen LogP contribution in [0.5, 0.6) is 0 Å². The van der Waals surface area contributed by atoms with Gasteiger partial charge in [0.15, 0.2) is 5.78 Å². The van der Waals surface area contributed by atoms with Crippen LogP contribution in [-0.2, 0) is 36.9 Å². The van der Waals surface area contributed by atoms with Gasteiger partial charge in [-0.05, 0) is 52.2 Å². The number of carbonyl (C=O) groups is 4. The van der Waals surface area contributed by atoms with Gasteiger partial charge in [-0.2, -0.15) is 18.3 Å². The Labute approximate surface area is 277 Å². The molecule has 3 N–H and O–H groups in total. The summed E-state index contributed by atoms with van der Waals surface area (Å²) in [6.07, 6.45) is -5.57. The molecule has 0 aromatic heterocycles. The van der Waals surface area contributed by atoms with Crippen LogP contribution in [0.15, 0.2) is 65.8 Å². The molecule has 14 heteroatoms. The predicted molar refractivity (Wildman–Crippen MR) is 171 cm³/mol. The zero-order valence-corrected chi connectivity index (χ0v) is 27.6. The number of hydrogen-bond donors (Lipinski definition) is 3. The molecule has 0 radical (unpaired) electrons. The quantitative estimate of drug-likeness (QED) is 0.311. The number of carbonyl (C=O) groups excluding carboxylic acids is 4. The van der Waals surface area contributed by atoms with Gasteiger partial charge in [-0.1, -0.05) is 60.7 Å². The van der Waals surface area contributed by atoms with Gasteiger partial charge in [0.05, 0.1) is 25.0 Å². The Bertz CT molecular complexity index is 1510. The average Bonchev–Trinajstić information content (AvgIpc) is 3.25. The summed E-state index contributed by atoms with van der Waals surface area (Å²) in [5.41, 5.74) is -2.65. The fraction of sp³-hybridized carbons (Fsp3) is 0.500. The Hall–Kier alpha value is -4.30. The Morgan fingerprint density at radius 2 is 1.60 bits per heavy atom. The molecule has 11 nitrogen and oxygen atoms in total. The van der Waals surface area contributed by atoms with E-state index < -0.39 is 65.1 Å². The second-order valence-electron chi connectivity index (χ2n) is 13.5. The van der Waals surface area contributed by atoms with Crippen LogP contribution in [0.1, 0.15) is 52.2 Å². The van der Waals surface area contributed by atoms with Gasteiger partial charge in [-0.3, -0.25) is 14.4 Å². The summed E-state index contributed by atoms with van der Waals surface area (Å²) in [5, 5.41) is 12.7. The number of ether oxygens (including phenoxy) is 2. The summed E-state index contributed by atoms with van der Waals surface area (Å²) in [6, 6.07) is 15.0. The molecule has 2 aliphatic rings. The smallest absolute Gasteiger partial charge is 0.408 e. The van der Waals surface area contributed by atoms with Gasteiger partial charge < -0.3 is 25.4 Å². The van der Waals surface area contributed by atoms with Crippen molar-refractivity contribution < 1.29 is 41.8 Å². The standard InChI is InChI=1S/C34H42F3N5O6/c1-31(2,3)48-30(46)40-32(4,5)28(44)39-24(20-47-19-23-14-10-7-11-15-23)26(43)27-33(18-22-12-8-6-9-13-22)25(16-17-38-27)41-42(29(33)45)21-34(35,36)37/h6-15,24,27,38H,16-21H2,1-5H3,(H,39,44)(H,40,46)/t24-,27-,33+/m1/s1. The van der Waals surface area contributed by atoms with Gasteiger partial charge in [0.2, 0.25) is 5.91 Å². The number of hydrazone groups is 1. The lowest BCUT2D eigenvalue weighted by molar-refractivity contribution is -0.164. The van der Waals surface area contributed by atoms with E-state index in [0.29, 0.717) is 10.6 Å². The molecule has 0 unspecified atom stereocenters. The van der Waals surface area contributed by atoms with Crippen molar-refractivity contribution in [2.75, 3.05) is 19.7 Å². The molecule has 2 aromatic rings. The minimum absolute atomic E-state index is 0.0816. The summed E-state index contributed by atoms with van der Waals surface area (Å²) in [7, 11) is 0. The van der Waals surface area contributed by atoms with Crippen molar-refractivity contribution >= 4 is 29.4 Å². The summed E-state index contributed by atoms with van der Waals surface area (Å²) in [4.78, 5) is 54.8. The number of amides is 3. The SMILES string of the molecule is CC(C)(C)OC(=O)NC(C)(C)C(=O)N[C@H](COCc1ccccc1)C(=O)[C@H]1NCCC2=NN(CC(F)(F)F)C(=O)[C@@]21Cc1ccccc1. The molecule has 4 rings (SSSR count). The molecule has 2 aromatic carbocycles. The number of fused-ring (bicyclic) bond motifs is 1. The number of nitrogens with zero attached hydrogens (tertiary/aromatic N) is 2. The number of alkyl carbamates (subject to hydrolysis) is 1. The third kappa shape index (κ3) is 8.98. The molecule has 3 amide bonds. The molecule has 260 valence electrons. The molecule has 1 saturated heterocycles. The molecule has 3 atom stereocenters. The van der Waals surface area contributed by atoms with Crippen LogP contribution in [-0.4, -0.2) is 83.5 Å². The number of alkyl halides is 3. The monoisotopic (exact) mass is 673 g/mol. The minimum atomic E-state index is -4.73. The van der Waals surface area contributed by atoms with Gasteiger partial charge in [0.1, 0.15) is 29.1 Å². The second-order valence-corrected chi connectivity index (χ2v) is 13.5. The number of halogens is 3. The molecule has 1 fully saturated rings. The molecule has 2 heterocycles. The number of piperidine rings is 1.